The molecule has 2 rings (SSSR count). The number of hydrogen-bond donors (Lipinski definition) is 3. The molecule has 0 aliphatic rings. The highest BCUT2D eigenvalue weighted by Crippen LogP contribution is 2.46. The van der Waals surface area contributed by atoms with Gasteiger partial charge in [0.05, 0.1) is 7.11 Å². The SMILES string of the molecule is CONP(=S)(OC(=O)c1ccccc1O)OC(=O)c1ccccc1O. The standard InChI is InChI=1S/C15H14NO7PS/c1-21-16-24(25,22-14(19)10-6-2-4-8-12(10)17)23-15(20)11-7-3-5-9-13(11)18/h2-9,17-18H,1H3,(H,16,25). The normalized spacial score (nSPS) is 10.9. The maximum Gasteiger partial charge on any atom is 0.393 e. The van der Waals surface area contributed by atoms with Gasteiger partial charge in [-0.15, -0.1) is 5.25 Å². The summed E-state index contributed by atoms with van der Waals surface area (Å²) in [5, 5.41) is 21.6. The van der Waals surface area contributed by atoms with E-state index in [1.165, 1.54) is 55.6 Å². The third-order valence-corrected chi connectivity index (χ3v) is 4.75. The molecular formula is C15H14NO7PS. The zero-order valence-corrected chi connectivity index (χ0v) is 14.6. The van der Waals surface area contributed by atoms with Gasteiger partial charge in [0, 0.05) is 11.8 Å². The van der Waals surface area contributed by atoms with Gasteiger partial charge < -0.3 is 19.3 Å². The second kappa shape index (κ2) is 8.09. The first-order valence-corrected chi connectivity index (χ1v) is 9.44. The number of carbonyl (C=O) groups is 2. The van der Waals surface area contributed by atoms with Gasteiger partial charge in [0.15, 0.2) is 0 Å². The van der Waals surface area contributed by atoms with Crippen LogP contribution in [0.4, 0.5) is 0 Å². The van der Waals surface area contributed by atoms with E-state index in [2.05, 4.69) is 10.1 Å². The van der Waals surface area contributed by atoms with Crippen molar-refractivity contribution >= 4 is 30.4 Å². The topological polar surface area (TPSA) is 114 Å². The monoisotopic (exact) mass is 383 g/mol. The van der Waals surface area contributed by atoms with E-state index in [9.17, 15) is 19.8 Å². The lowest BCUT2D eigenvalue weighted by Gasteiger charge is -2.21. The predicted molar refractivity (Wildman–Crippen MR) is 91.5 cm³/mol. The molecule has 132 valence electrons. The van der Waals surface area contributed by atoms with Crippen LogP contribution in [0.3, 0.4) is 0 Å². The molecule has 0 saturated carbocycles. The number of aromatic hydroxyl groups is 2. The van der Waals surface area contributed by atoms with Crippen LogP contribution in [0.1, 0.15) is 20.7 Å². The number of benzene rings is 2. The van der Waals surface area contributed by atoms with E-state index in [0.29, 0.717) is 0 Å². The van der Waals surface area contributed by atoms with E-state index in [0.717, 1.165) is 0 Å². The summed E-state index contributed by atoms with van der Waals surface area (Å²) in [6.07, 6.45) is 0. The number of phenolic OH excluding ortho intramolecular Hbond substituents is 2. The molecule has 0 amide bonds. The Morgan fingerprint density at radius 2 is 1.32 bits per heavy atom. The zero-order chi connectivity index (χ0) is 18.4. The fraction of sp³-hybridized carbons (Fsp3) is 0.0667. The summed E-state index contributed by atoms with van der Waals surface area (Å²) in [5.41, 5.74) is -0.318. The molecule has 0 bridgehead atoms. The molecular weight excluding hydrogens is 369 g/mol. The van der Waals surface area contributed by atoms with E-state index in [4.69, 9.17) is 20.9 Å². The highest BCUT2D eigenvalue weighted by Gasteiger charge is 2.31. The van der Waals surface area contributed by atoms with Crippen molar-refractivity contribution < 1.29 is 33.7 Å². The first-order chi connectivity index (χ1) is 11.9. The fourth-order valence-electron chi connectivity index (χ4n) is 1.78. The van der Waals surface area contributed by atoms with Crippen LogP contribution in [-0.4, -0.2) is 29.3 Å². The number of phenols is 2. The van der Waals surface area contributed by atoms with Gasteiger partial charge in [-0.05, 0) is 24.3 Å². The molecule has 0 aromatic heterocycles. The third kappa shape index (κ3) is 4.77. The molecule has 0 aliphatic carbocycles. The first-order valence-electron chi connectivity index (χ1n) is 6.80. The molecule has 0 fully saturated rings. The number of nitrogens with one attached hydrogen (secondary N) is 1. The van der Waals surface area contributed by atoms with Gasteiger partial charge in [0.1, 0.15) is 22.6 Å². The average Bonchev–Trinajstić information content (AvgIpc) is 2.55. The summed E-state index contributed by atoms with van der Waals surface area (Å²) < 4.78 is 10.1. The van der Waals surface area contributed by atoms with Crippen LogP contribution in [0, 0.1) is 0 Å². The van der Waals surface area contributed by atoms with E-state index in [-0.39, 0.29) is 22.6 Å². The van der Waals surface area contributed by atoms with Gasteiger partial charge in [-0.2, -0.15) is 0 Å². The van der Waals surface area contributed by atoms with Gasteiger partial charge in [-0.25, -0.2) is 9.59 Å². The smallest absolute Gasteiger partial charge is 0.393 e. The molecule has 0 aliphatic heterocycles. The maximum absolute atomic E-state index is 12.2. The van der Waals surface area contributed by atoms with E-state index >= 15 is 0 Å². The van der Waals surface area contributed by atoms with Crippen molar-refractivity contribution in [1.82, 2.24) is 5.25 Å². The van der Waals surface area contributed by atoms with E-state index in [1.807, 2.05) is 0 Å². The van der Waals surface area contributed by atoms with Gasteiger partial charge in [0.2, 0.25) is 0 Å². The Kier molecular flexibility index (Phi) is 6.11. The Morgan fingerprint density at radius 1 is 0.920 bits per heavy atom. The van der Waals surface area contributed by atoms with Crippen LogP contribution in [0.5, 0.6) is 11.5 Å². The second-order valence-electron chi connectivity index (χ2n) is 4.58. The largest absolute Gasteiger partial charge is 0.507 e. The Balaban J connectivity index is 2.22. The van der Waals surface area contributed by atoms with Crippen LogP contribution in [0.2, 0.25) is 0 Å². The van der Waals surface area contributed by atoms with Crippen LogP contribution in [0.25, 0.3) is 0 Å². The minimum atomic E-state index is -3.76. The summed E-state index contributed by atoms with van der Waals surface area (Å²) in [6, 6.07) is 11.3. The molecule has 25 heavy (non-hydrogen) atoms. The first kappa shape index (κ1) is 18.9. The van der Waals surface area contributed by atoms with Crippen LogP contribution in [0.15, 0.2) is 48.5 Å². The third-order valence-electron chi connectivity index (χ3n) is 2.86. The number of carbonyl (C=O) groups excluding carboxylic acids is 2. The Hall–Kier alpha value is -2.45. The number of hydrogen-bond acceptors (Lipinski definition) is 8. The summed E-state index contributed by atoms with van der Waals surface area (Å²) >= 11 is 5.07. The van der Waals surface area contributed by atoms with Gasteiger partial charge in [-0.1, -0.05) is 24.3 Å². The van der Waals surface area contributed by atoms with Crippen molar-refractivity contribution in [2.24, 2.45) is 0 Å². The van der Waals surface area contributed by atoms with Crippen molar-refractivity contribution in [3.05, 3.63) is 59.7 Å². The molecule has 0 saturated heterocycles. The fourth-order valence-corrected chi connectivity index (χ4v) is 3.38. The lowest BCUT2D eigenvalue weighted by molar-refractivity contribution is 0.0587. The lowest BCUT2D eigenvalue weighted by atomic mass is 10.2. The molecule has 0 atom stereocenters. The molecule has 2 aromatic carbocycles. The molecule has 3 N–H and O–H groups in total. The van der Waals surface area contributed by atoms with E-state index < -0.39 is 18.6 Å². The van der Waals surface area contributed by atoms with Gasteiger partial charge in [-0.3, -0.25) is 4.84 Å². The Morgan fingerprint density at radius 3 is 1.68 bits per heavy atom. The van der Waals surface area contributed by atoms with Crippen LogP contribution >= 0.6 is 6.64 Å². The van der Waals surface area contributed by atoms with Crippen molar-refractivity contribution in [1.29, 1.82) is 0 Å². The zero-order valence-electron chi connectivity index (χ0n) is 12.9. The molecule has 0 heterocycles. The highest BCUT2D eigenvalue weighted by molar-refractivity contribution is 8.09. The van der Waals surface area contributed by atoms with Gasteiger partial charge in [0.25, 0.3) is 0 Å². The molecule has 0 unspecified atom stereocenters. The Labute approximate surface area is 148 Å². The molecule has 0 spiro atoms. The minimum absolute atomic E-state index is 0.159. The summed E-state index contributed by atoms with van der Waals surface area (Å²) in [4.78, 5) is 29.0. The maximum atomic E-state index is 12.2. The molecule has 8 nitrogen and oxygen atoms in total. The van der Waals surface area contributed by atoms with Gasteiger partial charge >= 0.3 is 18.6 Å². The Bertz CT molecular complexity index is 779. The van der Waals surface area contributed by atoms with Crippen molar-refractivity contribution in [2.75, 3.05) is 7.11 Å². The van der Waals surface area contributed by atoms with E-state index in [1.54, 1.807) is 0 Å². The van der Waals surface area contributed by atoms with Crippen molar-refractivity contribution in [2.45, 2.75) is 0 Å². The number of para-hydroxylation sites is 2. The lowest BCUT2D eigenvalue weighted by Crippen LogP contribution is -2.19. The average molecular weight is 383 g/mol. The quantitative estimate of drug-likeness (QED) is 0.511. The molecule has 0 radical (unpaired) electrons. The summed E-state index contributed by atoms with van der Waals surface area (Å²) in [6.45, 7) is -3.76. The second-order valence-corrected chi connectivity index (χ2v) is 7.57. The van der Waals surface area contributed by atoms with Crippen LogP contribution < -0.4 is 5.25 Å². The summed E-state index contributed by atoms with van der Waals surface area (Å²) in [5.74, 6) is -2.65. The van der Waals surface area contributed by atoms with Crippen molar-refractivity contribution in [3.63, 3.8) is 0 Å². The van der Waals surface area contributed by atoms with Crippen molar-refractivity contribution in [3.8, 4) is 11.5 Å². The summed E-state index contributed by atoms with van der Waals surface area (Å²) in [7, 11) is 1.20. The highest BCUT2D eigenvalue weighted by atomic mass is 32.5. The van der Waals surface area contributed by atoms with Crippen LogP contribution in [-0.2, 0) is 25.7 Å². The molecule has 10 heteroatoms. The number of rotatable bonds is 6. The predicted octanol–water partition coefficient (Wildman–Crippen LogP) is 2.49. The minimum Gasteiger partial charge on any atom is -0.507 e. The molecule has 2 aromatic rings.